The molecular weight excluding hydrogens is 272 g/mol. The molecular formula is C13H25ClO3S. The van der Waals surface area contributed by atoms with Crippen LogP contribution < -0.4 is 0 Å². The van der Waals surface area contributed by atoms with Crippen LogP contribution in [0.3, 0.4) is 0 Å². The average Bonchev–Trinajstić information content (AvgIpc) is 2.50. The van der Waals surface area contributed by atoms with Crippen molar-refractivity contribution in [3.63, 3.8) is 0 Å². The van der Waals surface area contributed by atoms with Gasteiger partial charge in [0, 0.05) is 16.1 Å². The lowest BCUT2D eigenvalue weighted by atomic mass is 9.83. The fourth-order valence-corrected chi connectivity index (χ4v) is 4.41. The maximum absolute atomic E-state index is 11.4. The second kappa shape index (κ2) is 7.11. The summed E-state index contributed by atoms with van der Waals surface area (Å²) < 4.78 is 28.7. The molecule has 0 amide bonds. The molecule has 0 saturated heterocycles. The molecule has 1 unspecified atom stereocenters. The van der Waals surface area contributed by atoms with Crippen molar-refractivity contribution in [2.75, 3.05) is 12.4 Å². The van der Waals surface area contributed by atoms with Gasteiger partial charge in [-0.15, -0.1) is 0 Å². The predicted molar refractivity (Wildman–Crippen MR) is 75.5 cm³/mol. The van der Waals surface area contributed by atoms with E-state index < -0.39 is 9.05 Å². The summed E-state index contributed by atoms with van der Waals surface area (Å²) in [4.78, 5) is 0. The molecule has 0 N–H and O–H groups in total. The van der Waals surface area contributed by atoms with Gasteiger partial charge >= 0.3 is 0 Å². The smallest absolute Gasteiger partial charge is 0.233 e. The van der Waals surface area contributed by atoms with Crippen molar-refractivity contribution in [3.8, 4) is 0 Å². The standard InChI is InChI=1S/C13H25ClO3S/c1-3-12(2)17-10-13(11-18(14,15)16)8-6-4-5-7-9-13/h12H,3-11H2,1-2H3. The summed E-state index contributed by atoms with van der Waals surface area (Å²) in [6.07, 6.45) is 7.49. The molecule has 0 spiro atoms. The van der Waals surface area contributed by atoms with Gasteiger partial charge in [-0.25, -0.2) is 8.42 Å². The Labute approximate surface area is 116 Å². The van der Waals surface area contributed by atoms with Crippen molar-refractivity contribution < 1.29 is 13.2 Å². The zero-order valence-corrected chi connectivity index (χ0v) is 13.0. The molecule has 0 aromatic rings. The molecule has 0 aromatic heterocycles. The monoisotopic (exact) mass is 296 g/mol. The first-order valence-electron chi connectivity index (χ1n) is 6.91. The van der Waals surface area contributed by atoms with Crippen LogP contribution in [0.1, 0.15) is 58.8 Å². The molecule has 0 aromatic carbocycles. The first kappa shape index (κ1) is 16.3. The van der Waals surface area contributed by atoms with Gasteiger partial charge in [0.25, 0.3) is 0 Å². The Morgan fingerprint density at radius 2 is 1.78 bits per heavy atom. The van der Waals surface area contributed by atoms with E-state index >= 15 is 0 Å². The van der Waals surface area contributed by atoms with Crippen molar-refractivity contribution >= 4 is 19.7 Å². The third-order valence-electron chi connectivity index (χ3n) is 3.89. The average molecular weight is 297 g/mol. The highest BCUT2D eigenvalue weighted by molar-refractivity contribution is 8.13. The van der Waals surface area contributed by atoms with E-state index in [1.165, 1.54) is 12.8 Å². The van der Waals surface area contributed by atoms with Crippen molar-refractivity contribution in [1.29, 1.82) is 0 Å². The second-order valence-electron chi connectivity index (χ2n) is 5.63. The van der Waals surface area contributed by atoms with E-state index in [-0.39, 0.29) is 17.3 Å². The lowest BCUT2D eigenvalue weighted by molar-refractivity contribution is -0.000608. The molecule has 1 fully saturated rings. The molecule has 1 saturated carbocycles. The molecule has 0 radical (unpaired) electrons. The molecule has 3 nitrogen and oxygen atoms in total. The van der Waals surface area contributed by atoms with Crippen LogP contribution in [0.4, 0.5) is 0 Å². The van der Waals surface area contributed by atoms with Gasteiger partial charge in [-0.1, -0.05) is 32.6 Å². The molecule has 108 valence electrons. The molecule has 1 aliphatic carbocycles. The fourth-order valence-electron chi connectivity index (χ4n) is 2.61. The largest absolute Gasteiger partial charge is 0.378 e. The van der Waals surface area contributed by atoms with Crippen LogP contribution in [0.5, 0.6) is 0 Å². The Morgan fingerprint density at radius 3 is 2.22 bits per heavy atom. The number of hydrogen-bond acceptors (Lipinski definition) is 3. The lowest BCUT2D eigenvalue weighted by Gasteiger charge is -2.32. The topological polar surface area (TPSA) is 43.4 Å². The van der Waals surface area contributed by atoms with E-state index in [0.29, 0.717) is 6.61 Å². The first-order valence-corrected chi connectivity index (χ1v) is 9.39. The highest BCUT2D eigenvalue weighted by atomic mass is 35.7. The maximum atomic E-state index is 11.4. The Hall–Kier alpha value is 0.200. The quantitative estimate of drug-likeness (QED) is 0.554. The minimum atomic E-state index is -3.46. The lowest BCUT2D eigenvalue weighted by Crippen LogP contribution is -2.34. The first-order chi connectivity index (χ1) is 8.37. The van der Waals surface area contributed by atoms with Crippen LogP contribution in [0, 0.1) is 5.41 Å². The molecule has 0 aliphatic heterocycles. The SMILES string of the molecule is CCC(C)OCC1(CS(=O)(=O)Cl)CCCCCC1. The maximum Gasteiger partial charge on any atom is 0.233 e. The second-order valence-corrected chi connectivity index (χ2v) is 8.40. The number of ether oxygens (including phenoxy) is 1. The summed E-state index contributed by atoms with van der Waals surface area (Å²) in [5.74, 6) is 0.0536. The Balaban J connectivity index is 2.72. The van der Waals surface area contributed by atoms with Crippen LogP contribution in [0.15, 0.2) is 0 Å². The van der Waals surface area contributed by atoms with Gasteiger partial charge in [0.15, 0.2) is 0 Å². The summed E-state index contributed by atoms with van der Waals surface area (Å²) in [5.41, 5.74) is -0.263. The summed E-state index contributed by atoms with van der Waals surface area (Å²) >= 11 is 0. The Morgan fingerprint density at radius 1 is 1.22 bits per heavy atom. The molecule has 0 bridgehead atoms. The Bertz CT molecular complexity index is 332. The molecule has 1 atom stereocenters. The van der Waals surface area contributed by atoms with E-state index in [2.05, 4.69) is 6.92 Å². The highest BCUT2D eigenvalue weighted by Gasteiger charge is 2.36. The number of rotatable bonds is 6. The third-order valence-corrected chi connectivity index (χ3v) is 5.18. The molecule has 18 heavy (non-hydrogen) atoms. The zero-order chi connectivity index (χ0) is 13.6. The minimum Gasteiger partial charge on any atom is -0.378 e. The van der Waals surface area contributed by atoms with Gasteiger partial charge < -0.3 is 4.74 Å². The van der Waals surface area contributed by atoms with E-state index in [0.717, 1.165) is 32.1 Å². The summed E-state index contributed by atoms with van der Waals surface area (Å²) in [5, 5.41) is 0. The van der Waals surface area contributed by atoms with Gasteiger partial charge in [0.2, 0.25) is 9.05 Å². The third kappa shape index (κ3) is 5.89. The van der Waals surface area contributed by atoms with E-state index in [1.54, 1.807) is 0 Å². The van der Waals surface area contributed by atoms with Gasteiger partial charge in [-0.2, -0.15) is 0 Å². The molecule has 1 rings (SSSR count). The van der Waals surface area contributed by atoms with Crippen LogP contribution in [-0.4, -0.2) is 26.9 Å². The summed E-state index contributed by atoms with van der Waals surface area (Å²) in [6, 6.07) is 0. The van der Waals surface area contributed by atoms with Crippen LogP contribution in [-0.2, 0) is 13.8 Å². The van der Waals surface area contributed by atoms with Crippen LogP contribution >= 0.6 is 10.7 Å². The van der Waals surface area contributed by atoms with E-state index in [9.17, 15) is 8.42 Å². The van der Waals surface area contributed by atoms with Crippen molar-refractivity contribution in [2.45, 2.75) is 64.9 Å². The summed E-state index contributed by atoms with van der Waals surface area (Å²) in [7, 11) is 2.01. The van der Waals surface area contributed by atoms with Gasteiger partial charge in [-0.3, -0.25) is 0 Å². The normalized spacial score (nSPS) is 22.4. The predicted octanol–water partition coefficient (Wildman–Crippen LogP) is 3.71. The zero-order valence-electron chi connectivity index (χ0n) is 11.5. The van der Waals surface area contributed by atoms with Gasteiger partial charge in [-0.05, 0) is 26.2 Å². The van der Waals surface area contributed by atoms with Gasteiger partial charge in [0.1, 0.15) is 0 Å². The van der Waals surface area contributed by atoms with E-state index in [4.69, 9.17) is 15.4 Å². The van der Waals surface area contributed by atoms with E-state index in [1.807, 2.05) is 6.92 Å². The summed E-state index contributed by atoms with van der Waals surface area (Å²) in [6.45, 7) is 4.62. The van der Waals surface area contributed by atoms with Crippen LogP contribution in [0.2, 0.25) is 0 Å². The molecule has 0 heterocycles. The van der Waals surface area contributed by atoms with Crippen molar-refractivity contribution in [1.82, 2.24) is 0 Å². The van der Waals surface area contributed by atoms with Crippen LogP contribution in [0.25, 0.3) is 0 Å². The van der Waals surface area contributed by atoms with Gasteiger partial charge in [0.05, 0.1) is 18.5 Å². The minimum absolute atomic E-state index is 0.0536. The Kier molecular flexibility index (Phi) is 6.42. The molecule has 5 heteroatoms. The molecule has 1 aliphatic rings. The number of hydrogen-bond donors (Lipinski definition) is 0. The van der Waals surface area contributed by atoms with Crippen molar-refractivity contribution in [2.24, 2.45) is 5.41 Å². The highest BCUT2D eigenvalue weighted by Crippen LogP contribution is 2.37. The fraction of sp³-hybridized carbons (Fsp3) is 1.00. The number of halogens is 1. The van der Waals surface area contributed by atoms with Crippen molar-refractivity contribution in [3.05, 3.63) is 0 Å².